The molecular formula is C24H22N2O5S2. The predicted octanol–water partition coefficient (Wildman–Crippen LogP) is 3.79. The molecule has 0 bridgehead atoms. The molecule has 0 radical (unpaired) electrons. The first-order chi connectivity index (χ1) is 15.4. The van der Waals surface area contributed by atoms with Gasteiger partial charge in [0.05, 0.1) is 9.79 Å². The van der Waals surface area contributed by atoms with E-state index in [1.807, 2.05) is 13.0 Å². The van der Waals surface area contributed by atoms with Crippen molar-refractivity contribution in [3.05, 3.63) is 77.9 Å². The molecule has 9 heteroatoms. The van der Waals surface area contributed by atoms with Crippen LogP contribution in [0.4, 0.5) is 0 Å². The van der Waals surface area contributed by atoms with E-state index >= 15 is 0 Å². The van der Waals surface area contributed by atoms with Gasteiger partial charge in [0.2, 0.25) is 20.0 Å². The number of benzene rings is 4. The first-order valence-corrected chi connectivity index (χ1v) is 13.0. The monoisotopic (exact) mass is 482 g/mol. The molecule has 0 heterocycles. The Morgan fingerprint density at radius 1 is 0.636 bits per heavy atom. The number of nitrogens with two attached hydrogens (primary N) is 2. The highest BCUT2D eigenvalue weighted by molar-refractivity contribution is 7.90. The largest absolute Gasteiger partial charge is 0.508 e. The second-order valence-electron chi connectivity index (χ2n) is 7.97. The van der Waals surface area contributed by atoms with E-state index in [0.29, 0.717) is 11.1 Å². The molecule has 4 aromatic rings. The molecule has 4 aromatic carbocycles. The van der Waals surface area contributed by atoms with Gasteiger partial charge in [-0.05, 0) is 48.6 Å². The van der Waals surface area contributed by atoms with Crippen molar-refractivity contribution in [3.8, 4) is 28.0 Å². The van der Waals surface area contributed by atoms with Gasteiger partial charge in [0.1, 0.15) is 5.75 Å². The summed E-state index contributed by atoms with van der Waals surface area (Å²) in [6.45, 7) is 3.65. The molecular weight excluding hydrogens is 460 g/mol. The van der Waals surface area contributed by atoms with Crippen molar-refractivity contribution in [3.63, 3.8) is 0 Å². The van der Waals surface area contributed by atoms with Gasteiger partial charge in [0.15, 0.2) is 0 Å². The van der Waals surface area contributed by atoms with Crippen LogP contribution < -0.4 is 10.3 Å². The summed E-state index contributed by atoms with van der Waals surface area (Å²) in [6.07, 6.45) is 0. The minimum absolute atomic E-state index is 0.0953. The number of aryl methyl sites for hydroxylation is 2. The number of sulfonamides is 2. The van der Waals surface area contributed by atoms with Crippen molar-refractivity contribution in [1.82, 2.24) is 0 Å². The standard InChI is InChI=1S/C24H22N2O5S2/c1-14-5-3-7-16(11-14)21-19-10-9-18(27)13-20(19)23(32(25,28)29)22(24(21)33(26,30)31)17-8-4-6-15(2)12-17/h3-13,27H,1-2H3,(H2,25,28,29)(H2,26,30,31). The lowest BCUT2D eigenvalue weighted by Crippen LogP contribution is -2.20. The van der Waals surface area contributed by atoms with Crippen LogP contribution in [-0.2, 0) is 20.0 Å². The van der Waals surface area contributed by atoms with Crippen LogP contribution in [0.25, 0.3) is 33.0 Å². The zero-order chi connectivity index (χ0) is 24.1. The average molecular weight is 483 g/mol. The van der Waals surface area contributed by atoms with Crippen molar-refractivity contribution < 1.29 is 21.9 Å². The summed E-state index contributed by atoms with van der Waals surface area (Å²) in [6, 6.07) is 18.0. The number of rotatable bonds is 4. The van der Waals surface area contributed by atoms with E-state index in [2.05, 4.69) is 0 Å². The van der Waals surface area contributed by atoms with Gasteiger partial charge in [-0.25, -0.2) is 27.1 Å². The minimum atomic E-state index is -4.46. The number of aromatic hydroxyl groups is 1. The van der Waals surface area contributed by atoms with Crippen LogP contribution in [0.1, 0.15) is 11.1 Å². The van der Waals surface area contributed by atoms with E-state index < -0.39 is 24.9 Å². The predicted molar refractivity (Wildman–Crippen MR) is 129 cm³/mol. The van der Waals surface area contributed by atoms with Gasteiger partial charge < -0.3 is 5.11 Å². The highest BCUT2D eigenvalue weighted by Gasteiger charge is 2.32. The Balaban J connectivity index is 2.43. The van der Waals surface area contributed by atoms with Gasteiger partial charge in [-0.1, -0.05) is 59.7 Å². The van der Waals surface area contributed by atoms with E-state index in [-0.39, 0.29) is 32.5 Å². The minimum Gasteiger partial charge on any atom is -0.508 e. The van der Waals surface area contributed by atoms with Crippen LogP contribution in [0.2, 0.25) is 0 Å². The maximum atomic E-state index is 13.1. The lowest BCUT2D eigenvalue weighted by Gasteiger charge is -2.21. The summed E-state index contributed by atoms with van der Waals surface area (Å²) in [7, 11) is -8.91. The lowest BCUT2D eigenvalue weighted by molar-refractivity contribution is 0.476. The number of phenolic OH excluding ortho intramolecular Hbond substituents is 1. The molecule has 4 rings (SSSR count). The molecule has 0 unspecified atom stereocenters. The third-order valence-corrected chi connectivity index (χ3v) is 7.35. The Labute approximate surface area is 192 Å². The van der Waals surface area contributed by atoms with Crippen LogP contribution >= 0.6 is 0 Å². The summed E-state index contributed by atoms with van der Waals surface area (Å²) < 4.78 is 51.9. The summed E-state index contributed by atoms with van der Waals surface area (Å²) in [5.74, 6) is -0.193. The van der Waals surface area contributed by atoms with E-state index in [1.54, 1.807) is 49.4 Å². The third kappa shape index (κ3) is 4.23. The maximum absolute atomic E-state index is 13.1. The van der Waals surface area contributed by atoms with Crippen LogP contribution in [0.15, 0.2) is 76.5 Å². The summed E-state index contributed by atoms with van der Waals surface area (Å²) in [5.41, 5.74) is 2.61. The summed E-state index contributed by atoms with van der Waals surface area (Å²) in [5, 5.41) is 21.9. The first kappa shape index (κ1) is 22.9. The summed E-state index contributed by atoms with van der Waals surface area (Å²) >= 11 is 0. The Hall–Kier alpha value is -3.24. The Bertz CT molecular complexity index is 1640. The second kappa shape index (κ2) is 7.96. The molecule has 0 fully saturated rings. The van der Waals surface area contributed by atoms with Gasteiger partial charge >= 0.3 is 0 Å². The number of phenols is 1. The fraction of sp³-hybridized carbons (Fsp3) is 0.0833. The van der Waals surface area contributed by atoms with Crippen LogP contribution in [0, 0.1) is 13.8 Å². The molecule has 0 aliphatic heterocycles. The number of primary sulfonamides is 2. The van der Waals surface area contributed by atoms with E-state index in [4.69, 9.17) is 10.3 Å². The fourth-order valence-electron chi connectivity index (χ4n) is 4.15. The SMILES string of the molecule is Cc1cccc(-c2c(S(N)(=O)=O)c(-c3cccc(C)c3)c3ccc(O)cc3c2S(N)(=O)=O)c1. The topological polar surface area (TPSA) is 141 Å². The normalized spacial score (nSPS) is 12.2. The van der Waals surface area contributed by atoms with E-state index in [9.17, 15) is 21.9 Å². The molecule has 0 aliphatic carbocycles. The highest BCUT2D eigenvalue weighted by Crippen LogP contribution is 2.46. The lowest BCUT2D eigenvalue weighted by atomic mass is 9.91. The molecule has 0 aromatic heterocycles. The van der Waals surface area contributed by atoms with Crippen molar-refractivity contribution in [2.75, 3.05) is 0 Å². The Morgan fingerprint density at radius 3 is 1.64 bits per heavy atom. The van der Waals surface area contributed by atoms with E-state index in [0.717, 1.165) is 11.1 Å². The highest BCUT2D eigenvalue weighted by atomic mass is 32.2. The zero-order valence-corrected chi connectivity index (χ0v) is 19.5. The molecule has 170 valence electrons. The Morgan fingerprint density at radius 2 is 1.15 bits per heavy atom. The fourth-order valence-corrected chi connectivity index (χ4v) is 6.21. The van der Waals surface area contributed by atoms with Crippen LogP contribution in [0.3, 0.4) is 0 Å². The average Bonchev–Trinajstić information content (AvgIpc) is 2.70. The summed E-state index contributed by atoms with van der Waals surface area (Å²) in [4.78, 5) is -0.764. The molecule has 0 amide bonds. The molecule has 33 heavy (non-hydrogen) atoms. The molecule has 0 spiro atoms. The second-order valence-corrected chi connectivity index (χ2v) is 11.0. The van der Waals surface area contributed by atoms with Crippen molar-refractivity contribution >= 4 is 30.8 Å². The van der Waals surface area contributed by atoms with Gasteiger partial charge in [-0.15, -0.1) is 0 Å². The number of hydrogen-bond acceptors (Lipinski definition) is 5. The third-order valence-electron chi connectivity index (χ3n) is 5.38. The number of hydrogen-bond donors (Lipinski definition) is 3. The smallest absolute Gasteiger partial charge is 0.239 e. The molecule has 0 aliphatic rings. The Kier molecular flexibility index (Phi) is 5.53. The van der Waals surface area contributed by atoms with Gasteiger partial charge in [-0.2, -0.15) is 0 Å². The van der Waals surface area contributed by atoms with E-state index in [1.165, 1.54) is 18.2 Å². The van der Waals surface area contributed by atoms with Gasteiger partial charge in [0, 0.05) is 16.5 Å². The molecule has 0 saturated heterocycles. The maximum Gasteiger partial charge on any atom is 0.239 e. The number of fused-ring (bicyclic) bond motifs is 1. The molecule has 7 nitrogen and oxygen atoms in total. The first-order valence-electron chi connectivity index (χ1n) is 9.90. The quantitative estimate of drug-likeness (QED) is 0.406. The van der Waals surface area contributed by atoms with Crippen LogP contribution in [-0.4, -0.2) is 21.9 Å². The van der Waals surface area contributed by atoms with Crippen LogP contribution in [0.5, 0.6) is 5.75 Å². The van der Waals surface area contributed by atoms with Crippen molar-refractivity contribution in [1.29, 1.82) is 0 Å². The van der Waals surface area contributed by atoms with Crippen molar-refractivity contribution in [2.24, 2.45) is 10.3 Å². The molecule has 5 N–H and O–H groups in total. The zero-order valence-electron chi connectivity index (χ0n) is 17.9. The van der Waals surface area contributed by atoms with Crippen molar-refractivity contribution in [2.45, 2.75) is 23.6 Å². The molecule has 0 saturated carbocycles. The van der Waals surface area contributed by atoms with Gasteiger partial charge in [0.25, 0.3) is 0 Å². The van der Waals surface area contributed by atoms with Gasteiger partial charge in [-0.3, -0.25) is 0 Å². The molecule has 0 atom stereocenters.